The Bertz CT molecular complexity index is 1120. The number of halogens is 2. The second-order valence-corrected chi connectivity index (χ2v) is 8.80. The number of anilines is 2. The van der Waals surface area contributed by atoms with Crippen molar-refractivity contribution in [2.24, 2.45) is 0 Å². The summed E-state index contributed by atoms with van der Waals surface area (Å²) in [6.45, 7) is 0. The van der Waals surface area contributed by atoms with E-state index in [1.54, 1.807) is 30.3 Å². The number of nitrogens with one attached hydrogen (secondary N) is 1. The molecule has 0 heterocycles. The maximum Gasteiger partial charge on any atom is 0.264 e. The highest BCUT2D eigenvalue weighted by atomic mass is 79.9. The molecule has 8 heteroatoms. The van der Waals surface area contributed by atoms with Gasteiger partial charge in [-0.1, -0.05) is 40.2 Å². The van der Waals surface area contributed by atoms with Crippen LogP contribution >= 0.6 is 15.9 Å². The molecule has 3 rings (SSSR count). The molecule has 0 radical (unpaired) electrons. The number of hydrogen-bond donors (Lipinski definition) is 1. The third kappa shape index (κ3) is 4.23. The zero-order valence-corrected chi connectivity index (χ0v) is 17.2. The lowest BCUT2D eigenvalue weighted by Crippen LogP contribution is -2.26. The molecule has 0 aliphatic heterocycles. The number of para-hydroxylation sites is 1. The van der Waals surface area contributed by atoms with E-state index in [4.69, 9.17) is 0 Å². The predicted molar refractivity (Wildman–Crippen MR) is 111 cm³/mol. The Morgan fingerprint density at radius 2 is 1.71 bits per heavy atom. The largest absolute Gasteiger partial charge is 0.322 e. The van der Waals surface area contributed by atoms with Gasteiger partial charge in [-0.2, -0.15) is 0 Å². The summed E-state index contributed by atoms with van der Waals surface area (Å²) in [7, 11) is -2.38. The van der Waals surface area contributed by atoms with Crippen molar-refractivity contribution < 1.29 is 17.6 Å². The average Bonchev–Trinajstić information content (AvgIpc) is 2.70. The number of benzene rings is 3. The molecule has 3 aromatic carbocycles. The summed E-state index contributed by atoms with van der Waals surface area (Å²) in [5, 5.41) is 2.53. The van der Waals surface area contributed by atoms with Crippen molar-refractivity contribution in [3.63, 3.8) is 0 Å². The molecule has 0 fully saturated rings. The van der Waals surface area contributed by atoms with E-state index in [9.17, 15) is 17.6 Å². The normalized spacial score (nSPS) is 11.1. The van der Waals surface area contributed by atoms with Gasteiger partial charge >= 0.3 is 0 Å². The van der Waals surface area contributed by atoms with Gasteiger partial charge in [0.2, 0.25) is 0 Å². The Labute approximate surface area is 171 Å². The van der Waals surface area contributed by atoms with Crippen molar-refractivity contribution >= 4 is 43.2 Å². The molecule has 3 aromatic rings. The van der Waals surface area contributed by atoms with Crippen molar-refractivity contribution in [1.82, 2.24) is 0 Å². The van der Waals surface area contributed by atoms with E-state index >= 15 is 0 Å². The molecule has 0 spiro atoms. The molecule has 1 N–H and O–H groups in total. The van der Waals surface area contributed by atoms with Crippen molar-refractivity contribution in [2.45, 2.75) is 4.90 Å². The van der Waals surface area contributed by atoms with Gasteiger partial charge in [-0.3, -0.25) is 9.10 Å². The highest BCUT2D eigenvalue weighted by molar-refractivity contribution is 9.10. The third-order valence-electron chi connectivity index (χ3n) is 4.04. The van der Waals surface area contributed by atoms with Crippen LogP contribution in [0, 0.1) is 5.82 Å². The molecular formula is C20H16BrFN2O3S. The zero-order chi connectivity index (χ0) is 20.3. The van der Waals surface area contributed by atoms with Gasteiger partial charge in [0.05, 0.1) is 16.1 Å². The van der Waals surface area contributed by atoms with Crippen molar-refractivity contribution in [2.75, 3.05) is 16.7 Å². The standard InChI is InChI=1S/C20H16BrFN2O3S/c1-24(16-7-3-2-4-8-16)28(26,27)17-9-5-6-15(13-17)23-20(25)18-12-14(21)10-11-19(18)22/h2-13H,1H3,(H,23,25). The summed E-state index contributed by atoms with van der Waals surface area (Å²) in [4.78, 5) is 12.4. The lowest BCUT2D eigenvalue weighted by Gasteiger charge is -2.20. The van der Waals surface area contributed by atoms with Crippen LogP contribution in [0.5, 0.6) is 0 Å². The molecule has 0 unspecified atom stereocenters. The van der Waals surface area contributed by atoms with E-state index in [1.165, 1.54) is 49.5 Å². The summed E-state index contributed by atoms with van der Waals surface area (Å²) >= 11 is 3.19. The van der Waals surface area contributed by atoms with E-state index in [2.05, 4.69) is 21.2 Å². The maximum atomic E-state index is 13.9. The number of carbonyl (C=O) groups is 1. The Kier molecular flexibility index (Phi) is 5.81. The van der Waals surface area contributed by atoms with Gasteiger partial charge in [-0.25, -0.2) is 12.8 Å². The fraction of sp³-hybridized carbons (Fsp3) is 0.0500. The first-order chi connectivity index (χ1) is 13.3. The van der Waals surface area contributed by atoms with Gasteiger partial charge in [-0.05, 0) is 48.5 Å². The van der Waals surface area contributed by atoms with Gasteiger partial charge in [0.15, 0.2) is 0 Å². The number of rotatable bonds is 5. The molecule has 0 aliphatic carbocycles. The molecule has 0 saturated carbocycles. The van der Waals surface area contributed by atoms with Crippen LogP contribution in [-0.4, -0.2) is 21.4 Å². The first kappa shape index (κ1) is 20.0. The Balaban J connectivity index is 1.88. The Morgan fingerprint density at radius 1 is 1.00 bits per heavy atom. The van der Waals surface area contributed by atoms with Gasteiger partial charge in [-0.15, -0.1) is 0 Å². The lowest BCUT2D eigenvalue weighted by molar-refractivity contribution is 0.102. The van der Waals surface area contributed by atoms with Crippen LogP contribution in [0.4, 0.5) is 15.8 Å². The van der Waals surface area contributed by atoms with Crippen LogP contribution in [0.25, 0.3) is 0 Å². The second kappa shape index (κ2) is 8.12. The minimum absolute atomic E-state index is 0.00590. The van der Waals surface area contributed by atoms with Crippen LogP contribution in [0.15, 0.2) is 82.2 Å². The highest BCUT2D eigenvalue weighted by Crippen LogP contribution is 2.24. The van der Waals surface area contributed by atoms with E-state index < -0.39 is 21.7 Å². The van der Waals surface area contributed by atoms with Gasteiger partial charge in [0, 0.05) is 17.2 Å². The maximum absolute atomic E-state index is 13.9. The molecule has 28 heavy (non-hydrogen) atoms. The van der Waals surface area contributed by atoms with Gasteiger partial charge in [0.25, 0.3) is 15.9 Å². The highest BCUT2D eigenvalue weighted by Gasteiger charge is 2.22. The van der Waals surface area contributed by atoms with Crippen LogP contribution < -0.4 is 9.62 Å². The minimum Gasteiger partial charge on any atom is -0.322 e. The van der Waals surface area contributed by atoms with Gasteiger partial charge < -0.3 is 5.32 Å². The molecular weight excluding hydrogens is 447 g/mol. The first-order valence-electron chi connectivity index (χ1n) is 8.19. The first-order valence-corrected chi connectivity index (χ1v) is 10.4. The van der Waals surface area contributed by atoms with Crippen LogP contribution in [-0.2, 0) is 10.0 Å². The van der Waals surface area contributed by atoms with Crippen LogP contribution in [0.2, 0.25) is 0 Å². The molecule has 144 valence electrons. The monoisotopic (exact) mass is 462 g/mol. The van der Waals surface area contributed by atoms with Crippen LogP contribution in [0.3, 0.4) is 0 Å². The smallest absolute Gasteiger partial charge is 0.264 e. The summed E-state index contributed by atoms with van der Waals surface area (Å²) in [5.74, 6) is -1.35. The average molecular weight is 463 g/mol. The third-order valence-corrected chi connectivity index (χ3v) is 6.32. The van der Waals surface area contributed by atoms with Crippen molar-refractivity contribution in [1.29, 1.82) is 0 Å². The van der Waals surface area contributed by atoms with E-state index in [-0.39, 0.29) is 16.1 Å². The lowest BCUT2D eigenvalue weighted by atomic mass is 10.2. The number of hydrogen-bond acceptors (Lipinski definition) is 3. The summed E-state index contributed by atoms with van der Waals surface area (Å²) in [6, 6.07) is 18.5. The minimum atomic E-state index is -3.83. The predicted octanol–water partition coefficient (Wildman–Crippen LogP) is 4.67. The summed E-state index contributed by atoms with van der Waals surface area (Å²) in [5.41, 5.74) is 0.601. The van der Waals surface area contributed by atoms with Crippen molar-refractivity contribution in [3.8, 4) is 0 Å². The number of amides is 1. The molecule has 0 aliphatic rings. The van der Waals surface area contributed by atoms with E-state index in [0.717, 1.165) is 4.31 Å². The van der Waals surface area contributed by atoms with Crippen molar-refractivity contribution in [3.05, 3.63) is 88.6 Å². The summed E-state index contributed by atoms with van der Waals surface area (Å²) < 4.78 is 41.4. The molecule has 5 nitrogen and oxygen atoms in total. The Hall–Kier alpha value is -2.71. The van der Waals surface area contributed by atoms with E-state index in [0.29, 0.717) is 10.2 Å². The fourth-order valence-electron chi connectivity index (χ4n) is 2.54. The van der Waals surface area contributed by atoms with E-state index in [1.807, 2.05) is 0 Å². The SMILES string of the molecule is CN(c1ccccc1)S(=O)(=O)c1cccc(NC(=O)c2cc(Br)ccc2F)c1. The number of sulfonamides is 1. The fourth-order valence-corrected chi connectivity index (χ4v) is 4.14. The zero-order valence-electron chi connectivity index (χ0n) is 14.8. The topological polar surface area (TPSA) is 66.5 Å². The molecule has 0 bridgehead atoms. The number of carbonyl (C=O) groups excluding carboxylic acids is 1. The quantitative estimate of drug-likeness (QED) is 0.599. The molecule has 0 aromatic heterocycles. The second-order valence-electron chi connectivity index (χ2n) is 5.91. The van der Waals surface area contributed by atoms with Gasteiger partial charge in [0.1, 0.15) is 5.82 Å². The van der Waals surface area contributed by atoms with Crippen LogP contribution in [0.1, 0.15) is 10.4 Å². The Morgan fingerprint density at radius 3 is 2.43 bits per heavy atom. The number of nitrogens with zero attached hydrogens (tertiary/aromatic N) is 1. The molecule has 1 amide bonds. The molecule has 0 saturated heterocycles. The summed E-state index contributed by atoms with van der Waals surface area (Å²) in [6.07, 6.45) is 0. The molecule has 0 atom stereocenters.